The second-order valence-corrected chi connectivity index (χ2v) is 4.70. The number of thioether (sulfide) groups is 1. The van der Waals surface area contributed by atoms with Gasteiger partial charge in [0, 0.05) is 5.33 Å². The zero-order valence-corrected chi connectivity index (χ0v) is 11.9. The van der Waals surface area contributed by atoms with Gasteiger partial charge in [0.25, 0.3) is 5.56 Å². The highest BCUT2D eigenvalue weighted by molar-refractivity contribution is 9.10. The Balaban J connectivity index is 3.44. The van der Waals surface area contributed by atoms with Gasteiger partial charge in [-0.1, -0.05) is 27.7 Å². The molecular weight excluding hydrogens is 348 g/mol. The summed E-state index contributed by atoms with van der Waals surface area (Å²) in [7, 11) is 0. The molecule has 0 radical (unpaired) electrons. The maximum atomic E-state index is 11.8. The number of hydrogen-bond donors (Lipinski definition) is 0. The number of aromatic nitrogens is 2. The lowest BCUT2D eigenvalue weighted by molar-refractivity contribution is -0.108. The number of hydrogen-bond acceptors (Lipinski definition) is 4. The first-order valence-corrected chi connectivity index (χ1v) is 7.12. The van der Waals surface area contributed by atoms with Gasteiger partial charge in [-0.3, -0.25) is 9.36 Å². The molecule has 0 bridgehead atoms. The number of halogens is 2. The van der Waals surface area contributed by atoms with E-state index in [2.05, 4.69) is 36.8 Å². The van der Waals surface area contributed by atoms with Gasteiger partial charge in [0.05, 0.1) is 12.2 Å². The molecule has 1 aromatic heterocycles. The molecule has 0 unspecified atom stereocenters. The molecule has 0 aliphatic rings. The molecule has 15 heavy (non-hydrogen) atoms. The van der Waals surface area contributed by atoms with E-state index >= 15 is 0 Å². The molecule has 0 spiro atoms. The first-order chi connectivity index (χ1) is 7.15. The number of rotatable bonds is 4. The maximum Gasteiger partial charge on any atom is 0.269 e. The van der Waals surface area contributed by atoms with Gasteiger partial charge in [-0.05, 0) is 22.2 Å². The van der Waals surface area contributed by atoms with E-state index in [1.54, 1.807) is 0 Å². The minimum absolute atomic E-state index is 0.0309. The molecule has 0 atom stereocenters. The summed E-state index contributed by atoms with van der Waals surface area (Å²) in [6.07, 6.45) is 2.50. The fraction of sp³-hybridized carbons (Fsp3) is 0.375. The molecule has 0 amide bonds. The molecule has 0 saturated carbocycles. The van der Waals surface area contributed by atoms with Crippen LogP contribution in [-0.4, -0.2) is 22.1 Å². The van der Waals surface area contributed by atoms with Crippen molar-refractivity contribution in [1.29, 1.82) is 0 Å². The normalized spacial score (nSPS) is 10.3. The summed E-state index contributed by atoms with van der Waals surface area (Å²) >= 11 is 7.76. The third-order valence-electron chi connectivity index (χ3n) is 1.71. The molecule has 1 rings (SSSR count). The molecule has 1 aromatic rings. The quantitative estimate of drug-likeness (QED) is 0.358. The standard InChI is InChI=1S/C8H8Br2N2O2S/c1-15-8-11-5(4-9)6(10)7(14)12(8)2-3-13/h3H,2,4H2,1H3. The molecule has 0 fully saturated rings. The van der Waals surface area contributed by atoms with E-state index in [1.165, 1.54) is 16.3 Å². The minimum atomic E-state index is -0.226. The number of carbonyl (C=O) groups excluding carboxylic acids is 1. The van der Waals surface area contributed by atoms with Crippen molar-refractivity contribution in [2.24, 2.45) is 0 Å². The van der Waals surface area contributed by atoms with Gasteiger partial charge >= 0.3 is 0 Å². The Hall–Kier alpha value is -0.140. The fourth-order valence-electron chi connectivity index (χ4n) is 1.03. The summed E-state index contributed by atoms with van der Waals surface area (Å²) in [5, 5.41) is 1.04. The molecule has 4 nitrogen and oxygen atoms in total. The van der Waals surface area contributed by atoms with Crippen LogP contribution in [-0.2, 0) is 16.7 Å². The van der Waals surface area contributed by atoms with Crippen LogP contribution in [0.3, 0.4) is 0 Å². The molecular formula is C8H8Br2N2O2S. The lowest BCUT2D eigenvalue weighted by Gasteiger charge is -2.09. The Labute approximate surface area is 108 Å². The van der Waals surface area contributed by atoms with E-state index in [0.29, 0.717) is 26.9 Å². The summed E-state index contributed by atoms with van der Waals surface area (Å²) in [6.45, 7) is 0.0309. The second kappa shape index (κ2) is 5.81. The predicted octanol–water partition coefficient (Wildman–Crippen LogP) is 1.82. The van der Waals surface area contributed by atoms with Crippen LogP contribution in [0.15, 0.2) is 14.4 Å². The molecule has 0 aromatic carbocycles. The highest BCUT2D eigenvalue weighted by atomic mass is 79.9. The van der Waals surface area contributed by atoms with Crippen LogP contribution in [0.25, 0.3) is 0 Å². The minimum Gasteiger partial charge on any atom is -0.301 e. The second-order valence-electron chi connectivity index (χ2n) is 2.58. The number of carbonyl (C=O) groups is 1. The average Bonchev–Trinajstić information content (AvgIpc) is 2.25. The van der Waals surface area contributed by atoms with Gasteiger partial charge < -0.3 is 4.79 Å². The van der Waals surface area contributed by atoms with Crippen molar-refractivity contribution in [2.45, 2.75) is 17.0 Å². The zero-order chi connectivity index (χ0) is 11.4. The Kier molecular flexibility index (Phi) is 5.01. The van der Waals surface area contributed by atoms with E-state index < -0.39 is 0 Å². The van der Waals surface area contributed by atoms with Crippen LogP contribution >= 0.6 is 43.6 Å². The molecule has 0 aliphatic carbocycles. The van der Waals surface area contributed by atoms with Gasteiger partial charge in [0.1, 0.15) is 10.8 Å². The summed E-state index contributed by atoms with van der Waals surface area (Å²) in [6, 6.07) is 0. The number of alkyl halides is 1. The predicted molar refractivity (Wildman–Crippen MR) is 66.7 cm³/mol. The summed E-state index contributed by atoms with van der Waals surface area (Å²) in [5.41, 5.74) is 0.419. The van der Waals surface area contributed by atoms with Crippen LogP contribution in [0.1, 0.15) is 5.69 Å². The van der Waals surface area contributed by atoms with Crippen LogP contribution < -0.4 is 5.56 Å². The van der Waals surface area contributed by atoms with Crippen molar-refractivity contribution in [3.05, 3.63) is 20.5 Å². The molecule has 82 valence electrons. The molecule has 0 saturated heterocycles. The van der Waals surface area contributed by atoms with Crippen LogP contribution in [0.4, 0.5) is 0 Å². The lowest BCUT2D eigenvalue weighted by Crippen LogP contribution is -2.25. The van der Waals surface area contributed by atoms with Gasteiger partial charge in [0.15, 0.2) is 5.16 Å². The third-order valence-corrected chi connectivity index (χ3v) is 3.72. The van der Waals surface area contributed by atoms with Gasteiger partial charge in [0.2, 0.25) is 0 Å². The molecule has 7 heteroatoms. The highest BCUT2D eigenvalue weighted by Crippen LogP contribution is 2.17. The van der Waals surface area contributed by atoms with E-state index in [-0.39, 0.29) is 12.1 Å². The van der Waals surface area contributed by atoms with E-state index in [4.69, 9.17) is 0 Å². The summed E-state index contributed by atoms with van der Waals surface area (Å²) in [5.74, 6) is 0. The summed E-state index contributed by atoms with van der Waals surface area (Å²) < 4.78 is 1.74. The Bertz CT molecular complexity index is 433. The first-order valence-electron chi connectivity index (χ1n) is 3.98. The Morgan fingerprint density at radius 3 is 2.73 bits per heavy atom. The average molecular weight is 356 g/mol. The van der Waals surface area contributed by atoms with Crippen LogP contribution in [0, 0.1) is 0 Å². The van der Waals surface area contributed by atoms with Gasteiger partial charge in [-0.15, -0.1) is 0 Å². The first kappa shape index (κ1) is 12.9. The molecule has 1 heterocycles. The van der Waals surface area contributed by atoms with Crippen molar-refractivity contribution in [1.82, 2.24) is 9.55 Å². The van der Waals surface area contributed by atoms with E-state index in [9.17, 15) is 9.59 Å². The number of aldehydes is 1. The zero-order valence-electron chi connectivity index (χ0n) is 7.87. The van der Waals surface area contributed by atoms with Gasteiger partial charge in [-0.2, -0.15) is 0 Å². The maximum absolute atomic E-state index is 11.8. The van der Waals surface area contributed by atoms with Crippen LogP contribution in [0.5, 0.6) is 0 Å². The summed E-state index contributed by atoms with van der Waals surface area (Å²) in [4.78, 5) is 26.5. The molecule has 0 aliphatic heterocycles. The van der Waals surface area contributed by atoms with Crippen molar-refractivity contribution in [3.63, 3.8) is 0 Å². The van der Waals surface area contributed by atoms with Crippen molar-refractivity contribution < 1.29 is 4.79 Å². The highest BCUT2D eigenvalue weighted by Gasteiger charge is 2.12. The van der Waals surface area contributed by atoms with Gasteiger partial charge in [-0.25, -0.2) is 4.98 Å². The Morgan fingerprint density at radius 1 is 1.60 bits per heavy atom. The fourth-order valence-corrected chi connectivity index (χ4v) is 2.84. The van der Waals surface area contributed by atoms with Crippen molar-refractivity contribution in [2.75, 3.05) is 6.26 Å². The largest absolute Gasteiger partial charge is 0.301 e. The monoisotopic (exact) mass is 354 g/mol. The topological polar surface area (TPSA) is 52.0 Å². The molecule has 0 N–H and O–H groups in total. The van der Waals surface area contributed by atoms with Crippen LogP contribution in [0.2, 0.25) is 0 Å². The van der Waals surface area contributed by atoms with Crippen molar-refractivity contribution >= 4 is 49.9 Å². The van der Waals surface area contributed by atoms with E-state index in [0.717, 1.165) is 0 Å². The van der Waals surface area contributed by atoms with E-state index in [1.807, 2.05) is 6.26 Å². The smallest absolute Gasteiger partial charge is 0.269 e. The SMILES string of the molecule is CSc1nc(CBr)c(Br)c(=O)n1CC=O. The lowest BCUT2D eigenvalue weighted by atomic mass is 10.4. The third kappa shape index (κ3) is 2.70. The number of nitrogens with zero attached hydrogens (tertiary/aromatic N) is 2. The Morgan fingerprint density at radius 2 is 2.27 bits per heavy atom. The van der Waals surface area contributed by atoms with Crippen molar-refractivity contribution in [3.8, 4) is 0 Å².